The van der Waals surface area contributed by atoms with E-state index in [1.807, 2.05) is 11.0 Å². The van der Waals surface area contributed by atoms with Crippen molar-refractivity contribution in [2.75, 3.05) is 37.0 Å². The van der Waals surface area contributed by atoms with E-state index in [1.54, 1.807) is 13.1 Å². The van der Waals surface area contributed by atoms with E-state index in [9.17, 15) is 9.70 Å². The largest absolute Gasteiger partial charge is 0.381 e. The Morgan fingerprint density at radius 1 is 1.26 bits per heavy atom. The number of aromatic nitrogens is 2. The van der Waals surface area contributed by atoms with E-state index in [2.05, 4.69) is 42.6 Å². The van der Waals surface area contributed by atoms with E-state index in [0.29, 0.717) is 29.3 Å². The molecule has 0 radical (unpaired) electrons. The fraction of sp³-hybridized carbons (Fsp3) is 0.591. The summed E-state index contributed by atoms with van der Waals surface area (Å²) in [5, 5.41) is 11.5. The SMILES string of the molecule is CN(N=O)c1nc(C2CC3CN(C(=O)c4ccon4)CC3C2)ccc1NCC(C)(C)C. The fourth-order valence-electron chi connectivity index (χ4n) is 4.67. The van der Waals surface area contributed by atoms with Crippen LogP contribution in [0.1, 0.15) is 55.7 Å². The molecule has 2 fully saturated rings. The lowest BCUT2D eigenvalue weighted by Gasteiger charge is -2.23. The highest BCUT2D eigenvalue weighted by Gasteiger charge is 2.43. The molecule has 166 valence electrons. The number of carbonyl (C=O) groups is 1. The Balaban J connectivity index is 1.45. The summed E-state index contributed by atoms with van der Waals surface area (Å²) in [4.78, 5) is 30.5. The van der Waals surface area contributed by atoms with E-state index in [-0.39, 0.29) is 11.3 Å². The smallest absolute Gasteiger partial charge is 0.276 e. The van der Waals surface area contributed by atoms with Crippen molar-refractivity contribution in [1.29, 1.82) is 0 Å². The molecule has 1 saturated heterocycles. The third-order valence-electron chi connectivity index (χ3n) is 6.25. The monoisotopic (exact) mass is 426 g/mol. The molecule has 2 aromatic rings. The third kappa shape index (κ3) is 4.55. The van der Waals surface area contributed by atoms with Crippen molar-refractivity contribution in [2.24, 2.45) is 22.5 Å². The number of nitroso groups, excluding NO2 is 1. The number of pyridine rings is 1. The van der Waals surface area contributed by atoms with Crippen LogP contribution in [0.3, 0.4) is 0 Å². The Kier molecular flexibility index (Phi) is 5.68. The van der Waals surface area contributed by atoms with Crippen molar-refractivity contribution in [1.82, 2.24) is 15.0 Å². The first kappa shape index (κ1) is 21.3. The molecular weight excluding hydrogens is 396 g/mol. The molecule has 0 aromatic carbocycles. The van der Waals surface area contributed by atoms with Crippen LogP contribution in [0.4, 0.5) is 11.5 Å². The number of hydrogen-bond donors (Lipinski definition) is 1. The number of amides is 1. The zero-order valence-corrected chi connectivity index (χ0v) is 18.5. The van der Waals surface area contributed by atoms with Gasteiger partial charge in [-0.1, -0.05) is 25.9 Å². The maximum atomic E-state index is 12.6. The molecule has 1 saturated carbocycles. The average molecular weight is 427 g/mol. The van der Waals surface area contributed by atoms with Crippen LogP contribution < -0.4 is 10.3 Å². The Hall–Kier alpha value is -2.97. The number of nitrogens with one attached hydrogen (secondary N) is 1. The lowest BCUT2D eigenvalue weighted by molar-refractivity contribution is 0.0769. The number of anilines is 2. The highest BCUT2D eigenvalue weighted by atomic mass is 16.5. The predicted molar refractivity (Wildman–Crippen MR) is 118 cm³/mol. The minimum atomic E-state index is -0.0620. The molecule has 2 aromatic heterocycles. The molecule has 9 heteroatoms. The average Bonchev–Trinajstić information content (AvgIpc) is 3.46. The van der Waals surface area contributed by atoms with Gasteiger partial charge in [-0.3, -0.25) is 4.79 Å². The van der Waals surface area contributed by atoms with Crippen LogP contribution in [0.15, 0.2) is 34.3 Å². The number of rotatable bonds is 6. The van der Waals surface area contributed by atoms with Crippen molar-refractivity contribution in [3.05, 3.63) is 40.8 Å². The van der Waals surface area contributed by atoms with Crippen LogP contribution in [-0.4, -0.2) is 47.6 Å². The Morgan fingerprint density at radius 3 is 2.55 bits per heavy atom. The topological polar surface area (TPSA) is 104 Å². The zero-order valence-electron chi connectivity index (χ0n) is 18.5. The predicted octanol–water partition coefficient (Wildman–Crippen LogP) is 3.91. The summed E-state index contributed by atoms with van der Waals surface area (Å²) < 4.78 is 4.80. The van der Waals surface area contributed by atoms with Gasteiger partial charge in [-0.15, -0.1) is 4.91 Å². The first-order chi connectivity index (χ1) is 14.7. The summed E-state index contributed by atoms with van der Waals surface area (Å²) in [6.45, 7) is 8.68. The van der Waals surface area contributed by atoms with Crippen LogP contribution >= 0.6 is 0 Å². The molecule has 9 nitrogen and oxygen atoms in total. The van der Waals surface area contributed by atoms with Gasteiger partial charge >= 0.3 is 0 Å². The van der Waals surface area contributed by atoms with Crippen molar-refractivity contribution < 1.29 is 9.32 Å². The van der Waals surface area contributed by atoms with Gasteiger partial charge < -0.3 is 14.7 Å². The minimum absolute atomic E-state index is 0.0620. The number of likely N-dealkylation sites (tertiary alicyclic amines) is 1. The van der Waals surface area contributed by atoms with Crippen LogP contribution in [-0.2, 0) is 0 Å². The molecule has 0 spiro atoms. The number of nitrogens with zero attached hydrogens (tertiary/aromatic N) is 5. The van der Waals surface area contributed by atoms with Gasteiger partial charge in [-0.25, -0.2) is 9.99 Å². The summed E-state index contributed by atoms with van der Waals surface area (Å²) in [5.74, 6) is 1.71. The van der Waals surface area contributed by atoms with Gasteiger partial charge in [0.1, 0.15) is 6.26 Å². The van der Waals surface area contributed by atoms with Crippen molar-refractivity contribution in [3.63, 3.8) is 0 Å². The minimum Gasteiger partial charge on any atom is -0.381 e. The molecule has 31 heavy (non-hydrogen) atoms. The quantitative estimate of drug-likeness (QED) is 0.551. The number of carbonyl (C=O) groups excluding carboxylic acids is 1. The molecule has 0 bridgehead atoms. The molecule has 1 amide bonds. The first-order valence-corrected chi connectivity index (χ1v) is 10.8. The second kappa shape index (κ2) is 8.28. The van der Waals surface area contributed by atoms with E-state index < -0.39 is 0 Å². The van der Waals surface area contributed by atoms with Gasteiger partial charge in [0.25, 0.3) is 5.91 Å². The molecule has 2 aliphatic rings. The number of hydrogen-bond acceptors (Lipinski definition) is 7. The molecule has 1 aliphatic heterocycles. The summed E-state index contributed by atoms with van der Waals surface area (Å²) in [6, 6.07) is 5.66. The summed E-state index contributed by atoms with van der Waals surface area (Å²) >= 11 is 0. The van der Waals surface area contributed by atoms with Crippen molar-refractivity contribution in [2.45, 2.75) is 39.5 Å². The van der Waals surface area contributed by atoms with Crippen LogP contribution in [0.25, 0.3) is 0 Å². The highest BCUT2D eigenvalue weighted by Crippen LogP contribution is 2.46. The fourth-order valence-corrected chi connectivity index (χ4v) is 4.67. The van der Waals surface area contributed by atoms with Crippen molar-refractivity contribution in [3.8, 4) is 0 Å². The van der Waals surface area contributed by atoms with Crippen LogP contribution in [0.5, 0.6) is 0 Å². The molecule has 2 unspecified atom stereocenters. The third-order valence-corrected chi connectivity index (χ3v) is 6.25. The molecule has 1 aliphatic carbocycles. The van der Waals surface area contributed by atoms with Crippen molar-refractivity contribution >= 4 is 17.4 Å². The Bertz CT molecular complexity index is 925. The molecule has 2 atom stereocenters. The number of fused-ring (bicyclic) bond motifs is 1. The van der Waals surface area contributed by atoms with E-state index in [4.69, 9.17) is 9.51 Å². The Morgan fingerprint density at radius 2 is 1.97 bits per heavy atom. The maximum absolute atomic E-state index is 12.6. The molecule has 4 rings (SSSR count). The standard InChI is InChI=1S/C22H30N6O3/c1-22(2,3)13-23-18-6-5-17(24-20(18)27(4)26-30)14-9-15-11-28(12-16(15)10-14)21(29)19-7-8-31-25-19/h5-8,14-16,23H,9-13H2,1-4H3. The van der Waals surface area contributed by atoms with E-state index in [1.165, 1.54) is 11.3 Å². The summed E-state index contributed by atoms with van der Waals surface area (Å²) in [5.41, 5.74) is 2.26. The van der Waals surface area contributed by atoms with Gasteiger partial charge in [0.2, 0.25) is 0 Å². The van der Waals surface area contributed by atoms with Gasteiger partial charge in [0.15, 0.2) is 11.5 Å². The van der Waals surface area contributed by atoms with Gasteiger partial charge in [-0.05, 0) is 42.2 Å². The zero-order chi connectivity index (χ0) is 22.2. The van der Waals surface area contributed by atoms with Gasteiger partial charge in [-0.2, -0.15) is 0 Å². The van der Waals surface area contributed by atoms with E-state index >= 15 is 0 Å². The lowest BCUT2D eigenvalue weighted by atomic mass is 9.97. The lowest BCUT2D eigenvalue weighted by Crippen LogP contribution is -2.30. The summed E-state index contributed by atoms with van der Waals surface area (Å²) in [6.07, 6.45) is 3.38. The summed E-state index contributed by atoms with van der Waals surface area (Å²) in [7, 11) is 1.62. The molecular formula is C22H30N6O3. The van der Waals surface area contributed by atoms with Gasteiger partial charge in [0.05, 0.1) is 11.0 Å². The maximum Gasteiger partial charge on any atom is 0.276 e. The van der Waals surface area contributed by atoms with Crippen LogP contribution in [0.2, 0.25) is 0 Å². The van der Waals surface area contributed by atoms with Crippen LogP contribution in [0, 0.1) is 22.2 Å². The molecule has 3 heterocycles. The second-order valence-electron chi connectivity index (χ2n) is 9.91. The second-order valence-corrected chi connectivity index (χ2v) is 9.91. The van der Waals surface area contributed by atoms with E-state index in [0.717, 1.165) is 43.9 Å². The highest BCUT2D eigenvalue weighted by molar-refractivity contribution is 5.92. The first-order valence-electron chi connectivity index (χ1n) is 10.8. The Labute approximate surface area is 182 Å². The normalized spacial score (nSPS) is 23.0. The molecule has 1 N–H and O–H groups in total. The van der Waals surface area contributed by atoms with Gasteiger partial charge in [0, 0.05) is 44.4 Å².